The Morgan fingerprint density at radius 3 is 2.89 bits per heavy atom. The number of nitrogens with zero attached hydrogens (tertiary/aromatic N) is 3. The first-order valence-electron chi connectivity index (χ1n) is 7.32. The first-order chi connectivity index (χ1) is 13.0. The van der Waals surface area contributed by atoms with Crippen molar-refractivity contribution < 1.29 is 14.0 Å². The number of amides is 2. The number of carbonyl (C=O) groups excluding carboxylic acids is 2. The molecule has 0 saturated heterocycles. The van der Waals surface area contributed by atoms with Crippen LogP contribution in [0.15, 0.2) is 43.6 Å². The Bertz CT molecular complexity index is 1070. The topological polar surface area (TPSA) is 175 Å². The number of hydrogen-bond donors (Lipinski definition) is 4. The van der Waals surface area contributed by atoms with E-state index in [0.717, 1.165) is 17.4 Å². The first-order valence-corrected chi connectivity index (χ1v) is 8.14. The van der Waals surface area contributed by atoms with E-state index in [4.69, 9.17) is 4.42 Å². The van der Waals surface area contributed by atoms with E-state index >= 15 is 0 Å². The summed E-state index contributed by atoms with van der Waals surface area (Å²) in [6.45, 7) is 0. The van der Waals surface area contributed by atoms with Gasteiger partial charge in [-0.25, -0.2) is 10.2 Å². The van der Waals surface area contributed by atoms with E-state index in [1.165, 1.54) is 12.5 Å². The van der Waals surface area contributed by atoms with Gasteiger partial charge in [-0.3, -0.25) is 24.7 Å². The molecule has 12 nitrogen and oxygen atoms in total. The van der Waals surface area contributed by atoms with Crippen molar-refractivity contribution in [2.75, 3.05) is 5.32 Å². The second-order valence-corrected chi connectivity index (χ2v) is 6.00. The highest BCUT2D eigenvalue weighted by Gasteiger charge is 2.13. The highest BCUT2D eigenvalue weighted by Crippen LogP contribution is 2.16. The third kappa shape index (κ3) is 5.05. The summed E-state index contributed by atoms with van der Waals surface area (Å²) in [5, 5.41) is 14.0. The molecule has 0 saturated carbocycles. The van der Waals surface area contributed by atoms with Crippen LogP contribution >= 0.6 is 11.3 Å². The van der Waals surface area contributed by atoms with E-state index in [0.29, 0.717) is 10.8 Å². The van der Waals surface area contributed by atoms with Crippen LogP contribution in [0.1, 0.15) is 21.3 Å². The van der Waals surface area contributed by atoms with E-state index in [9.17, 15) is 19.2 Å². The van der Waals surface area contributed by atoms with Crippen molar-refractivity contribution in [2.24, 2.45) is 5.10 Å². The van der Waals surface area contributed by atoms with Gasteiger partial charge in [-0.2, -0.15) is 5.10 Å². The molecule has 3 rings (SSSR count). The molecule has 0 unspecified atom stereocenters. The van der Waals surface area contributed by atoms with Crippen molar-refractivity contribution in [3.63, 3.8) is 0 Å². The lowest BCUT2D eigenvalue weighted by molar-refractivity contribution is -0.120. The smallest absolute Gasteiger partial charge is 0.326 e. The summed E-state index contributed by atoms with van der Waals surface area (Å²) >= 11 is 0.960. The molecule has 3 aromatic rings. The van der Waals surface area contributed by atoms with Gasteiger partial charge in [0, 0.05) is 6.07 Å². The number of hydrazone groups is 1. The van der Waals surface area contributed by atoms with Gasteiger partial charge in [0.05, 0.1) is 18.9 Å². The number of rotatable bonds is 6. The van der Waals surface area contributed by atoms with Crippen LogP contribution in [0.5, 0.6) is 0 Å². The lowest BCUT2D eigenvalue weighted by atomic mass is 10.4. The standard InChI is InChI=1S/C14H11N7O5S/c22-9-4-8(16-13(25)17-9)12(24)18-14-21-20-11(27-14)5-10(23)19-15-6-7-2-1-3-26-7/h1-4,6H,5H2,(H,19,23)(H,18,21,24)(H2,16,17,22,25)/b15-6-. The molecule has 0 fully saturated rings. The molecule has 4 N–H and O–H groups in total. The Hall–Kier alpha value is -3.87. The minimum Gasteiger partial charge on any atom is -0.463 e. The summed E-state index contributed by atoms with van der Waals surface area (Å²) in [7, 11) is 0. The van der Waals surface area contributed by atoms with Crippen molar-refractivity contribution in [3.8, 4) is 0 Å². The largest absolute Gasteiger partial charge is 0.463 e. The van der Waals surface area contributed by atoms with Crippen molar-refractivity contribution in [1.29, 1.82) is 0 Å². The number of aromatic amines is 2. The Morgan fingerprint density at radius 1 is 1.30 bits per heavy atom. The molecule has 0 aliphatic heterocycles. The molecule has 0 atom stereocenters. The summed E-state index contributed by atoms with van der Waals surface area (Å²) in [4.78, 5) is 50.3. The fourth-order valence-electron chi connectivity index (χ4n) is 1.84. The van der Waals surface area contributed by atoms with E-state index in [-0.39, 0.29) is 17.2 Å². The molecule has 3 aromatic heterocycles. The maximum atomic E-state index is 12.0. The monoisotopic (exact) mass is 389 g/mol. The molecule has 0 aliphatic rings. The first kappa shape index (κ1) is 17.9. The van der Waals surface area contributed by atoms with Crippen LogP contribution in [0.25, 0.3) is 0 Å². The van der Waals surface area contributed by atoms with Gasteiger partial charge in [0.15, 0.2) is 0 Å². The third-order valence-electron chi connectivity index (χ3n) is 2.93. The molecule has 27 heavy (non-hydrogen) atoms. The van der Waals surface area contributed by atoms with Crippen LogP contribution in [0, 0.1) is 0 Å². The maximum Gasteiger partial charge on any atom is 0.326 e. The maximum absolute atomic E-state index is 12.0. The van der Waals surface area contributed by atoms with Gasteiger partial charge in [0.2, 0.25) is 11.0 Å². The summed E-state index contributed by atoms with van der Waals surface area (Å²) in [5.74, 6) is -0.701. The number of aromatic nitrogens is 4. The molecule has 0 bridgehead atoms. The lowest BCUT2D eigenvalue weighted by Crippen LogP contribution is -2.27. The summed E-state index contributed by atoms with van der Waals surface area (Å²) in [6, 6.07) is 4.29. The summed E-state index contributed by atoms with van der Waals surface area (Å²) < 4.78 is 5.02. The SMILES string of the molecule is O=C(Cc1nnc(NC(=O)c2cc(=O)[nH]c(=O)[nH]2)s1)N/N=C\c1ccco1. The number of furan rings is 1. The highest BCUT2D eigenvalue weighted by molar-refractivity contribution is 7.15. The van der Waals surface area contributed by atoms with E-state index in [2.05, 4.69) is 31.0 Å². The van der Waals surface area contributed by atoms with Crippen molar-refractivity contribution in [2.45, 2.75) is 6.42 Å². The predicted octanol–water partition coefficient (Wildman–Crippen LogP) is -0.547. The number of anilines is 1. The second kappa shape index (κ2) is 8.01. The Balaban J connectivity index is 1.56. The average molecular weight is 389 g/mol. The van der Waals surface area contributed by atoms with Gasteiger partial charge >= 0.3 is 5.69 Å². The van der Waals surface area contributed by atoms with Crippen molar-refractivity contribution >= 4 is 34.5 Å². The molecule has 138 valence electrons. The Morgan fingerprint density at radius 2 is 2.15 bits per heavy atom. The quantitative estimate of drug-likeness (QED) is 0.323. The number of H-pyrrole nitrogens is 2. The van der Waals surface area contributed by atoms with Gasteiger partial charge in [0.1, 0.15) is 16.5 Å². The van der Waals surface area contributed by atoms with Gasteiger partial charge in [0.25, 0.3) is 11.5 Å². The Kier molecular flexibility index (Phi) is 5.32. The van der Waals surface area contributed by atoms with Crippen LogP contribution in [0.2, 0.25) is 0 Å². The minimum absolute atomic E-state index is 0.100. The second-order valence-electron chi connectivity index (χ2n) is 4.94. The van der Waals surface area contributed by atoms with Gasteiger partial charge in [-0.1, -0.05) is 11.3 Å². The minimum atomic E-state index is -0.808. The molecule has 13 heteroatoms. The lowest BCUT2D eigenvalue weighted by Gasteiger charge is -1.99. The van der Waals surface area contributed by atoms with Crippen LogP contribution < -0.4 is 22.0 Å². The number of hydrogen-bond acceptors (Lipinski definition) is 9. The zero-order chi connectivity index (χ0) is 19.2. The van der Waals surface area contributed by atoms with E-state index in [1.54, 1.807) is 12.1 Å². The van der Waals surface area contributed by atoms with Gasteiger partial charge in [-0.05, 0) is 12.1 Å². The summed E-state index contributed by atoms with van der Waals surface area (Å²) in [5.41, 5.74) is 0.549. The fourth-order valence-corrected chi connectivity index (χ4v) is 2.57. The highest BCUT2D eigenvalue weighted by atomic mass is 32.1. The van der Waals surface area contributed by atoms with Crippen LogP contribution in [0.4, 0.5) is 5.13 Å². The van der Waals surface area contributed by atoms with Crippen LogP contribution in [0.3, 0.4) is 0 Å². The molecule has 0 spiro atoms. The molecule has 0 aliphatic carbocycles. The van der Waals surface area contributed by atoms with Crippen LogP contribution in [-0.4, -0.2) is 38.2 Å². The molecule has 0 radical (unpaired) electrons. The Labute approximate surface area is 153 Å². The molecular formula is C14H11N7O5S. The zero-order valence-electron chi connectivity index (χ0n) is 13.4. The van der Waals surface area contributed by atoms with E-state index in [1.807, 2.05) is 4.98 Å². The number of nitrogens with one attached hydrogen (secondary N) is 4. The van der Waals surface area contributed by atoms with Gasteiger partial charge < -0.3 is 9.40 Å². The average Bonchev–Trinajstić information content (AvgIpc) is 3.26. The van der Waals surface area contributed by atoms with Crippen molar-refractivity contribution in [3.05, 3.63) is 61.8 Å². The van der Waals surface area contributed by atoms with Crippen molar-refractivity contribution in [1.82, 2.24) is 25.6 Å². The molecule has 2 amide bonds. The normalized spacial score (nSPS) is 10.8. The zero-order valence-corrected chi connectivity index (χ0v) is 14.2. The molecule has 0 aromatic carbocycles. The number of carbonyl (C=O) groups is 2. The molecular weight excluding hydrogens is 378 g/mol. The third-order valence-corrected chi connectivity index (χ3v) is 3.77. The molecule has 3 heterocycles. The van der Waals surface area contributed by atoms with Crippen LogP contribution in [-0.2, 0) is 11.2 Å². The predicted molar refractivity (Wildman–Crippen MR) is 93.7 cm³/mol. The van der Waals surface area contributed by atoms with E-state index < -0.39 is 23.1 Å². The summed E-state index contributed by atoms with van der Waals surface area (Å²) in [6.07, 6.45) is 2.71. The fraction of sp³-hybridized carbons (Fsp3) is 0.0714. The van der Waals surface area contributed by atoms with Gasteiger partial charge in [-0.15, -0.1) is 10.2 Å².